The van der Waals surface area contributed by atoms with Crippen LogP contribution < -0.4 is 10.6 Å². The molecule has 0 aliphatic heterocycles. The molecular formula is C16H17FN2O3S. The van der Waals surface area contributed by atoms with Gasteiger partial charge in [-0.25, -0.2) is 14.0 Å². The van der Waals surface area contributed by atoms with Crippen molar-refractivity contribution in [3.8, 4) is 10.4 Å². The lowest BCUT2D eigenvalue weighted by molar-refractivity contribution is 0.0516. The van der Waals surface area contributed by atoms with Crippen molar-refractivity contribution in [1.29, 1.82) is 0 Å². The van der Waals surface area contributed by atoms with Crippen LogP contribution in [0.25, 0.3) is 10.4 Å². The summed E-state index contributed by atoms with van der Waals surface area (Å²) >= 11 is 1.28. The van der Waals surface area contributed by atoms with Crippen molar-refractivity contribution in [2.75, 3.05) is 19.7 Å². The van der Waals surface area contributed by atoms with E-state index >= 15 is 0 Å². The average molecular weight is 336 g/mol. The van der Waals surface area contributed by atoms with E-state index in [1.54, 1.807) is 24.3 Å². The molecule has 23 heavy (non-hydrogen) atoms. The van der Waals surface area contributed by atoms with Gasteiger partial charge < -0.3 is 15.4 Å². The van der Waals surface area contributed by atoms with Gasteiger partial charge in [0.25, 0.3) is 0 Å². The third-order valence-corrected chi connectivity index (χ3v) is 4.01. The number of thiophene rings is 1. The van der Waals surface area contributed by atoms with Gasteiger partial charge in [-0.2, -0.15) is 0 Å². The van der Waals surface area contributed by atoms with Gasteiger partial charge in [0, 0.05) is 11.4 Å². The number of hydrogen-bond acceptors (Lipinski definition) is 4. The molecule has 1 heterocycles. The summed E-state index contributed by atoms with van der Waals surface area (Å²) in [5.41, 5.74) is 0.841. The molecule has 7 heteroatoms. The van der Waals surface area contributed by atoms with Gasteiger partial charge in [-0.1, -0.05) is 12.1 Å². The van der Waals surface area contributed by atoms with E-state index in [1.807, 2.05) is 6.92 Å². The summed E-state index contributed by atoms with van der Waals surface area (Å²) in [4.78, 5) is 24.4. The lowest BCUT2D eigenvalue weighted by Gasteiger charge is -2.06. The van der Waals surface area contributed by atoms with E-state index in [1.165, 1.54) is 23.5 Å². The van der Waals surface area contributed by atoms with Gasteiger partial charge in [-0.05, 0) is 36.8 Å². The monoisotopic (exact) mass is 336 g/mol. The zero-order chi connectivity index (χ0) is 16.7. The molecule has 0 bridgehead atoms. The molecule has 2 amide bonds. The molecular weight excluding hydrogens is 319 g/mol. The number of rotatable bonds is 6. The lowest BCUT2D eigenvalue weighted by Crippen LogP contribution is -2.37. The molecule has 2 aromatic rings. The smallest absolute Gasteiger partial charge is 0.348 e. The van der Waals surface area contributed by atoms with Crippen molar-refractivity contribution in [2.24, 2.45) is 0 Å². The number of carbonyl (C=O) groups is 2. The second-order valence-electron chi connectivity index (χ2n) is 4.59. The minimum atomic E-state index is -0.443. The second kappa shape index (κ2) is 8.28. The van der Waals surface area contributed by atoms with E-state index in [2.05, 4.69) is 10.6 Å². The van der Waals surface area contributed by atoms with E-state index in [0.717, 1.165) is 10.4 Å². The van der Waals surface area contributed by atoms with Crippen LogP contribution in [0.2, 0.25) is 0 Å². The SMILES string of the molecule is CCNC(=O)NCCOC(=O)c1ccc(-c2ccc(F)cc2)s1. The molecule has 5 nitrogen and oxygen atoms in total. The largest absolute Gasteiger partial charge is 0.460 e. The van der Waals surface area contributed by atoms with Crippen molar-refractivity contribution < 1.29 is 18.7 Å². The first-order valence-electron chi connectivity index (χ1n) is 7.14. The molecule has 0 aliphatic carbocycles. The fourth-order valence-corrected chi connectivity index (χ4v) is 2.72. The Bertz CT molecular complexity index is 670. The lowest BCUT2D eigenvalue weighted by atomic mass is 10.2. The summed E-state index contributed by atoms with van der Waals surface area (Å²) in [6.45, 7) is 2.69. The normalized spacial score (nSPS) is 10.2. The molecule has 0 fully saturated rings. The number of esters is 1. The van der Waals surface area contributed by atoms with Crippen LogP contribution in [0.4, 0.5) is 9.18 Å². The fourth-order valence-electron chi connectivity index (χ4n) is 1.82. The van der Waals surface area contributed by atoms with Crippen molar-refractivity contribution in [2.45, 2.75) is 6.92 Å². The third kappa shape index (κ3) is 5.07. The van der Waals surface area contributed by atoms with Crippen LogP contribution in [0.15, 0.2) is 36.4 Å². The Kier molecular flexibility index (Phi) is 6.10. The van der Waals surface area contributed by atoms with Gasteiger partial charge in [0.05, 0.1) is 6.54 Å². The molecule has 2 N–H and O–H groups in total. The number of carbonyl (C=O) groups excluding carboxylic acids is 2. The highest BCUT2D eigenvalue weighted by atomic mass is 32.1. The van der Waals surface area contributed by atoms with Gasteiger partial charge in [-0.3, -0.25) is 0 Å². The summed E-state index contributed by atoms with van der Waals surface area (Å²) in [7, 11) is 0. The summed E-state index contributed by atoms with van der Waals surface area (Å²) in [6, 6.07) is 9.24. The van der Waals surface area contributed by atoms with Gasteiger partial charge in [-0.15, -0.1) is 11.3 Å². The van der Waals surface area contributed by atoms with Gasteiger partial charge in [0.2, 0.25) is 0 Å². The Hall–Kier alpha value is -2.41. The summed E-state index contributed by atoms with van der Waals surface area (Å²) in [5, 5.41) is 5.14. The Morgan fingerprint density at radius 1 is 1.13 bits per heavy atom. The highest BCUT2D eigenvalue weighted by molar-refractivity contribution is 7.17. The summed E-state index contributed by atoms with van der Waals surface area (Å²) < 4.78 is 18.0. The molecule has 2 rings (SSSR count). The van der Waals surface area contributed by atoms with Gasteiger partial charge >= 0.3 is 12.0 Å². The van der Waals surface area contributed by atoms with Crippen molar-refractivity contribution in [3.63, 3.8) is 0 Å². The summed E-state index contributed by atoms with van der Waals surface area (Å²) in [6.07, 6.45) is 0. The Labute approximate surface area is 137 Å². The maximum atomic E-state index is 12.9. The number of urea groups is 1. The number of nitrogens with one attached hydrogen (secondary N) is 2. The van der Waals surface area contributed by atoms with Crippen LogP contribution in [0.1, 0.15) is 16.6 Å². The Morgan fingerprint density at radius 2 is 1.87 bits per heavy atom. The number of ether oxygens (including phenoxy) is 1. The van der Waals surface area contributed by atoms with E-state index in [4.69, 9.17) is 4.74 Å². The molecule has 0 saturated carbocycles. The maximum Gasteiger partial charge on any atom is 0.348 e. The molecule has 0 atom stereocenters. The predicted octanol–water partition coefficient (Wildman–Crippen LogP) is 3.03. The van der Waals surface area contributed by atoms with Gasteiger partial charge in [0.1, 0.15) is 17.3 Å². The van der Waals surface area contributed by atoms with E-state index in [9.17, 15) is 14.0 Å². The number of amides is 2. The molecule has 1 aromatic heterocycles. The van der Waals surface area contributed by atoms with E-state index in [-0.39, 0.29) is 25.0 Å². The standard InChI is InChI=1S/C16H17FN2O3S/c1-2-18-16(21)19-9-10-22-15(20)14-8-7-13(23-14)11-3-5-12(17)6-4-11/h3-8H,2,9-10H2,1H3,(H2,18,19,21). The molecule has 0 unspecified atom stereocenters. The van der Waals surface area contributed by atoms with Crippen molar-refractivity contribution in [1.82, 2.24) is 10.6 Å². The fraction of sp³-hybridized carbons (Fsp3) is 0.250. The van der Waals surface area contributed by atoms with Crippen LogP contribution in [-0.2, 0) is 4.74 Å². The number of halogens is 1. The molecule has 0 spiro atoms. The zero-order valence-electron chi connectivity index (χ0n) is 12.6. The van der Waals surface area contributed by atoms with Crippen LogP contribution in [0, 0.1) is 5.82 Å². The van der Waals surface area contributed by atoms with Gasteiger partial charge in [0.15, 0.2) is 0 Å². The van der Waals surface area contributed by atoms with Crippen molar-refractivity contribution >= 4 is 23.3 Å². The summed E-state index contributed by atoms with van der Waals surface area (Å²) in [5.74, 6) is -0.745. The Balaban J connectivity index is 1.84. The highest BCUT2D eigenvalue weighted by Crippen LogP contribution is 2.28. The highest BCUT2D eigenvalue weighted by Gasteiger charge is 2.11. The molecule has 0 saturated heterocycles. The molecule has 0 radical (unpaired) electrons. The van der Waals surface area contributed by atoms with Crippen LogP contribution in [0.5, 0.6) is 0 Å². The molecule has 1 aromatic carbocycles. The zero-order valence-corrected chi connectivity index (χ0v) is 13.4. The quantitative estimate of drug-likeness (QED) is 0.629. The first kappa shape index (κ1) is 17.0. The van der Waals surface area contributed by atoms with E-state index in [0.29, 0.717) is 11.4 Å². The molecule has 0 aliphatic rings. The van der Waals surface area contributed by atoms with Crippen LogP contribution in [-0.4, -0.2) is 31.7 Å². The minimum absolute atomic E-state index is 0.0970. The van der Waals surface area contributed by atoms with Crippen LogP contribution in [0.3, 0.4) is 0 Å². The predicted molar refractivity (Wildman–Crippen MR) is 87.1 cm³/mol. The molecule has 122 valence electrons. The van der Waals surface area contributed by atoms with Crippen molar-refractivity contribution in [3.05, 3.63) is 47.1 Å². The first-order chi connectivity index (χ1) is 11.1. The minimum Gasteiger partial charge on any atom is -0.460 e. The third-order valence-electron chi connectivity index (χ3n) is 2.89. The maximum absolute atomic E-state index is 12.9. The second-order valence-corrected chi connectivity index (χ2v) is 5.68. The van der Waals surface area contributed by atoms with E-state index < -0.39 is 5.97 Å². The number of benzene rings is 1. The topological polar surface area (TPSA) is 67.4 Å². The number of hydrogen-bond donors (Lipinski definition) is 2. The first-order valence-corrected chi connectivity index (χ1v) is 7.96. The Morgan fingerprint density at radius 3 is 2.57 bits per heavy atom. The average Bonchev–Trinajstić information content (AvgIpc) is 3.02. The van der Waals surface area contributed by atoms with Crippen LogP contribution >= 0.6 is 11.3 Å².